The highest BCUT2D eigenvalue weighted by atomic mass is 16.7. The van der Waals surface area contributed by atoms with E-state index in [2.05, 4.69) is 50.2 Å². The Morgan fingerprint density at radius 2 is 1.71 bits per heavy atom. The van der Waals surface area contributed by atoms with E-state index < -0.39 is 0 Å². The molecular weight excluding hydrogens is 214 g/mol. The van der Waals surface area contributed by atoms with E-state index in [1.54, 1.807) is 0 Å². The SMILES string of the molecule is Cc1ccc(C(C2COCOC2)N(C)C)cc1. The molecule has 0 aromatic heterocycles. The van der Waals surface area contributed by atoms with Gasteiger partial charge in [-0.2, -0.15) is 0 Å². The highest BCUT2D eigenvalue weighted by Crippen LogP contribution is 2.29. The van der Waals surface area contributed by atoms with Gasteiger partial charge in [0, 0.05) is 12.0 Å². The van der Waals surface area contributed by atoms with Crippen molar-refractivity contribution >= 4 is 0 Å². The quantitative estimate of drug-likeness (QED) is 0.802. The lowest BCUT2D eigenvalue weighted by Crippen LogP contribution is -2.36. The third-order valence-corrected chi connectivity index (χ3v) is 3.25. The summed E-state index contributed by atoms with van der Waals surface area (Å²) in [6.45, 7) is 4.10. The minimum atomic E-state index is 0.357. The summed E-state index contributed by atoms with van der Waals surface area (Å²) in [7, 11) is 4.22. The van der Waals surface area contributed by atoms with Gasteiger partial charge in [-0.3, -0.25) is 0 Å². The van der Waals surface area contributed by atoms with Crippen LogP contribution in [0.4, 0.5) is 0 Å². The number of hydrogen-bond donors (Lipinski definition) is 0. The molecule has 1 atom stereocenters. The summed E-state index contributed by atoms with van der Waals surface area (Å²) < 4.78 is 10.8. The topological polar surface area (TPSA) is 21.7 Å². The van der Waals surface area contributed by atoms with Gasteiger partial charge in [0.15, 0.2) is 0 Å². The zero-order valence-electron chi connectivity index (χ0n) is 10.8. The van der Waals surface area contributed by atoms with Crippen LogP contribution in [0.1, 0.15) is 17.2 Å². The summed E-state index contributed by atoms with van der Waals surface area (Å²) in [6.07, 6.45) is 0. The summed E-state index contributed by atoms with van der Waals surface area (Å²) >= 11 is 0. The molecule has 0 radical (unpaired) electrons. The number of aryl methyl sites for hydroxylation is 1. The standard InChI is InChI=1S/C14H21NO2/c1-11-4-6-12(7-5-11)14(15(2)3)13-8-16-10-17-9-13/h4-7,13-14H,8-10H2,1-3H3. The molecule has 0 saturated carbocycles. The fraction of sp³-hybridized carbons (Fsp3) is 0.571. The number of benzene rings is 1. The highest BCUT2D eigenvalue weighted by molar-refractivity contribution is 5.24. The van der Waals surface area contributed by atoms with Crippen LogP contribution in [0.15, 0.2) is 24.3 Å². The van der Waals surface area contributed by atoms with Gasteiger partial charge < -0.3 is 14.4 Å². The Kier molecular flexibility index (Phi) is 4.15. The van der Waals surface area contributed by atoms with Crippen LogP contribution in [0.25, 0.3) is 0 Å². The summed E-state index contributed by atoms with van der Waals surface area (Å²) in [5.41, 5.74) is 2.63. The average Bonchev–Trinajstić information content (AvgIpc) is 2.33. The fourth-order valence-electron chi connectivity index (χ4n) is 2.44. The normalized spacial score (nSPS) is 19.5. The molecule has 1 heterocycles. The van der Waals surface area contributed by atoms with Gasteiger partial charge in [-0.25, -0.2) is 0 Å². The van der Waals surface area contributed by atoms with E-state index in [0.29, 0.717) is 18.8 Å². The van der Waals surface area contributed by atoms with Crippen LogP contribution >= 0.6 is 0 Å². The third-order valence-electron chi connectivity index (χ3n) is 3.25. The van der Waals surface area contributed by atoms with Gasteiger partial charge in [-0.1, -0.05) is 29.8 Å². The van der Waals surface area contributed by atoms with Crippen molar-refractivity contribution in [3.8, 4) is 0 Å². The first-order chi connectivity index (χ1) is 8.18. The van der Waals surface area contributed by atoms with Crippen LogP contribution in [0, 0.1) is 12.8 Å². The Morgan fingerprint density at radius 1 is 1.12 bits per heavy atom. The fourth-order valence-corrected chi connectivity index (χ4v) is 2.44. The molecular formula is C14H21NO2. The van der Waals surface area contributed by atoms with Crippen molar-refractivity contribution in [1.29, 1.82) is 0 Å². The molecule has 0 amide bonds. The van der Waals surface area contributed by atoms with Crippen molar-refractivity contribution in [3.63, 3.8) is 0 Å². The van der Waals surface area contributed by atoms with Gasteiger partial charge in [-0.15, -0.1) is 0 Å². The van der Waals surface area contributed by atoms with Gasteiger partial charge in [-0.05, 0) is 26.6 Å². The van der Waals surface area contributed by atoms with Crippen LogP contribution in [0.2, 0.25) is 0 Å². The van der Waals surface area contributed by atoms with Crippen molar-refractivity contribution < 1.29 is 9.47 Å². The zero-order valence-corrected chi connectivity index (χ0v) is 10.8. The monoisotopic (exact) mass is 235 g/mol. The van der Waals surface area contributed by atoms with Gasteiger partial charge in [0.05, 0.1) is 13.2 Å². The van der Waals surface area contributed by atoms with Crippen molar-refractivity contribution in [1.82, 2.24) is 4.90 Å². The Labute approximate surface area is 103 Å². The Morgan fingerprint density at radius 3 is 2.24 bits per heavy atom. The second-order valence-electron chi connectivity index (χ2n) is 4.94. The minimum absolute atomic E-state index is 0.357. The molecule has 0 N–H and O–H groups in total. The molecule has 3 heteroatoms. The van der Waals surface area contributed by atoms with Gasteiger partial charge in [0.2, 0.25) is 0 Å². The molecule has 1 aliphatic rings. The van der Waals surface area contributed by atoms with E-state index in [4.69, 9.17) is 9.47 Å². The number of rotatable bonds is 3. The molecule has 1 aromatic carbocycles. The smallest absolute Gasteiger partial charge is 0.146 e. The van der Waals surface area contributed by atoms with Crippen LogP contribution in [-0.2, 0) is 9.47 Å². The van der Waals surface area contributed by atoms with Gasteiger partial charge in [0.1, 0.15) is 6.79 Å². The van der Waals surface area contributed by atoms with E-state index in [0.717, 1.165) is 13.2 Å². The molecule has 1 unspecified atom stereocenters. The van der Waals surface area contributed by atoms with Crippen LogP contribution in [-0.4, -0.2) is 39.0 Å². The highest BCUT2D eigenvalue weighted by Gasteiger charge is 2.27. The molecule has 17 heavy (non-hydrogen) atoms. The molecule has 0 bridgehead atoms. The maximum absolute atomic E-state index is 5.41. The summed E-state index contributed by atoms with van der Waals surface area (Å²) in [5, 5.41) is 0. The molecule has 1 aliphatic heterocycles. The Balaban J connectivity index is 2.18. The first kappa shape index (κ1) is 12.6. The molecule has 2 rings (SSSR count). The van der Waals surface area contributed by atoms with Crippen LogP contribution in [0.5, 0.6) is 0 Å². The van der Waals surface area contributed by atoms with Crippen LogP contribution in [0.3, 0.4) is 0 Å². The lowest BCUT2D eigenvalue weighted by atomic mass is 9.92. The lowest BCUT2D eigenvalue weighted by molar-refractivity contribution is -0.139. The lowest BCUT2D eigenvalue weighted by Gasteiger charge is -2.34. The van der Waals surface area contributed by atoms with E-state index in [-0.39, 0.29) is 0 Å². The predicted octanol–water partition coefficient (Wildman–Crippen LogP) is 2.22. The summed E-state index contributed by atoms with van der Waals surface area (Å²) in [4.78, 5) is 2.24. The second-order valence-corrected chi connectivity index (χ2v) is 4.94. The summed E-state index contributed by atoms with van der Waals surface area (Å²) in [5.74, 6) is 0.404. The average molecular weight is 235 g/mol. The van der Waals surface area contributed by atoms with E-state index in [1.165, 1.54) is 11.1 Å². The van der Waals surface area contributed by atoms with Crippen LogP contribution < -0.4 is 0 Å². The van der Waals surface area contributed by atoms with Crippen molar-refractivity contribution in [3.05, 3.63) is 35.4 Å². The maximum atomic E-state index is 5.41. The Bertz CT molecular complexity index is 342. The molecule has 0 spiro atoms. The maximum Gasteiger partial charge on any atom is 0.146 e. The molecule has 3 nitrogen and oxygen atoms in total. The second kappa shape index (κ2) is 5.63. The molecule has 1 aromatic rings. The minimum Gasteiger partial charge on any atom is -0.355 e. The van der Waals surface area contributed by atoms with Gasteiger partial charge >= 0.3 is 0 Å². The largest absolute Gasteiger partial charge is 0.355 e. The number of nitrogens with zero attached hydrogens (tertiary/aromatic N) is 1. The Hall–Kier alpha value is -0.900. The number of hydrogen-bond acceptors (Lipinski definition) is 3. The van der Waals surface area contributed by atoms with Crippen molar-refractivity contribution in [2.24, 2.45) is 5.92 Å². The summed E-state index contributed by atoms with van der Waals surface area (Å²) in [6, 6.07) is 9.09. The zero-order chi connectivity index (χ0) is 12.3. The van der Waals surface area contributed by atoms with Crippen molar-refractivity contribution in [2.75, 3.05) is 34.1 Å². The predicted molar refractivity (Wildman–Crippen MR) is 67.9 cm³/mol. The first-order valence-electron chi connectivity index (χ1n) is 6.07. The molecule has 1 fully saturated rings. The van der Waals surface area contributed by atoms with Crippen molar-refractivity contribution in [2.45, 2.75) is 13.0 Å². The first-order valence-corrected chi connectivity index (χ1v) is 6.07. The molecule has 0 aliphatic carbocycles. The molecule has 1 saturated heterocycles. The van der Waals surface area contributed by atoms with E-state index >= 15 is 0 Å². The van der Waals surface area contributed by atoms with E-state index in [1.807, 2.05) is 0 Å². The number of ether oxygens (including phenoxy) is 2. The van der Waals surface area contributed by atoms with E-state index in [9.17, 15) is 0 Å². The third kappa shape index (κ3) is 3.06. The molecule has 94 valence electrons. The van der Waals surface area contributed by atoms with Gasteiger partial charge in [0.25, 0.3) is 0 Å².